The fourth-order valence-electron chi connectivity index (χ4n) is 1.31. The van der Waals surface area contributed by atoms with E-state index in [0.29, 0.717) is 0 Å². The van der Waals surface area contributed by atoms with E-state index >= 15 is 0 Å². The van der Waals surface area contributed by atoms with Gasteiger partial charge in [-0.1, -0.05) is 0 Å². The van der Waals surface area contributed by atoms with E-state index in [1.807, 2.05) is 6.92 Å². The van der Waals surface area contributed by atoms with Gasteiger partial charge in [0.05, 0.1) is 19.8 Å². The Morgan fingerprint density at radius 3 is 2.86 bits per heavy atom. The molecule has 0 spiro atoms. The first-order valence-corrected chi connectivity index (χ1v) is 5.51. The number of ether oxygens (including phenoxy) is 1. The number of morpholine rings is 1. The third kappa shape index (κ3) is 2.71. The highest BCUT2D eigenvalue weighted by atomic mass is 32.1. The first-order chi connectivity index (χ1) is 6.84. The molecule has 0 unspecified atom stereocenters. The van der Waals surface area contributed by atoms with Crippen LogP contribution in [0.4, 0.5) is 0 Å². The van der Waals surface area contributed by atoms with Crippen molar-refractivity contribution < 1.29 is 4.74 Å². The lowest BCUT2D eigenvalue weighted by Gasteiger charge is -2.26. The first kappa shape index (κ1) is 9.97. The molecule has 5 nitrogen and oxygen atoms in total. The number of hydrazine groups is 1. The predicted molar refractivity (Wildman–Crippen MR) is 53.9 cm³/mol. The van der Waals surface area contributed by atoms with E-state index < -0.39 is 0 Å². The largest absolute Gasteiger partial charge is 0.379 e. The minimum Gasteiger partial charge on any atom is -0.379 e. The zero-order chi connectivity index (χ0) is 9.80. The first-order valence-electron chi connectivity index (χ1n) is 4.70. The molecule has 0 saturated carbocycles. The molecule has 1 N–H and O–H groups in total. The second-order valence-corrected chi connectivity index (χ2v) is 4.42. The van der Waals surface area contributed by atoms with E-state index in [-0.39, 0.29) is 0 Å². The van der Waals surface area contributed by atoms with Gasteiger partial charge in [-0.05, 0) is 6.92 Å². The molecule has 1 aromatic heterocycles. The summed E-state index contributed by atoms with van der Waals surface area (Å²) in [6, 6.07) is 0. The average molecular weight is 214 g/mol. The number of nitrogens with zero attached hydrogens (tertiary/aromatic N) is 3. The average Bonchev–Trinajstić information content (AvgIpc) is 2.63. The number of aryl methyl sites for hydroxylation is 1. The topological polar surface area (TPSA) is 50.3 Å². The Morgan fingerprint density at radius 2 is 2.21 bits per heavy atom. The summed E-state index contributed by atoms with van der Waals surface area (Å²) in [6.45, 7) is 6.24. The number of nitrogens with one attached hydrogen (secondary N) is 1. The van der Waals surface area contributed by atoms with E-state index in [1.165, 1.54) is 0 Å². The second-order valence-electron chi connectivity index (χ2n) is 3.15. The van der Waals surface area contributed by atoms with Crippen LogP contribution in [0.3, 0.4) is 0 Å². The maximum atomic E-state index is 5.25. The van der Waals surface area contributed by atoms with Gasteiger partial charge in [-0.15, -0.1) is 21.5 Å². The fourth-order valence-corrected chi connectivity index (χ4v) is 1.95. The van der Waals surface area contributed by atoms with Crippen LogP contribution in [0.25, 0.3) is 0 Å². The van der Waals surface area contributed by atoms with Gasteiger partial charge in [0.2, 0.25) is 0 Å². The summed E-state index contributed by atoms with van der Waals surface area (Å²) in [4.78, 5) is 0. The molecule has 1 aromatic rings. The van der Waals surface area contributed by atoms with Crippen LogP contribution < -0.4 is 5.43 Å². The molecule has 6 heteroatoms. The van der Waals surface area contributed by atoms with E-state index in [1.54, 1.807) is 11.3 Å². The van der Waals surface area contributed by atoms with E-state index in [9.17, 15) is 0 Å². The van der Waals surface area contributed by atoms with E-state index in [0.717, 1.165) is 42.9 Å². The molecule has 0 aliphatic carbocycles. The predicted octanol–water partition coefficient (Wildman–Crippen LogP) is 0.183. The molecule has 0 bridgehead atoms. The van der Waals surface area contributed by atoms with Crippen LogP contribution in [0.1, 0.15) is 10.0 Å². The Hall–Kier alpha value is -0.560. The molecule has 0 aromatic carbocycles. The SMILES string of the molecule is Cc1nnc(CNN2CCOCC2)s1. The van der Waals surface area contributed by atoms with Crippen LogP contribution >= 0.6 is 11.3 Å². The lowest BCUT2D eigenvalue weighted by atomic mass is 10.5. The third-order valence-corrected chi connectivity index (χ3v) is 2.87. The maximum Gasteiger partial charge on any atom is 0.132 e. The number of aromatic nitrogens is 2. The van der Waals surface area contributed by atoms with Gasteiger partial charge in [0.25, 0.3) is 0 Å². The van der Waals surface area contributed by atoms with Crippen molar-refractivity contribution in [3.05, 3.63) is 10.0 Å². The van der Waals surface area contributed by atoms with Crippen molar-refractivity contribution in [3.63, 3.8) is 0 Å². The van der Waals surface area contributed by atoms with Crippen LogP contribution in [0.5, 0.6) is 0 Å². The molecule has 0 amide bonds. The molecule has 1 aliphatic heterocycles. The molecular weight excluding hydrogens is 200 g/mol. The van der Waals surface area contributed by atoms with Crippen molar-refractivity contribution in [3.8, 4) is 0 Å². The summed E-state index contributed by atoms with van der Waals surface area (Å²) < 4.78 is 5.25. The van der Waals surface area contributed by atoms with Crippen LogP contribution in [-0.2, 0) is 11.3 Å². The quantitative estimate of drug-likeness (QED) is 0.778. The van der Waals surface area contributed by atoms with Gasteiger partial charge < -0.3 is 4.74 Å². The smallest absolute Gasteiger partial charge is 0.132 e. The summed E-state index contributed by atoms with van der Waals surface area (Å²) in [5, 5.41) is 12.2. The number of hydrogen-bond donors (Lipinski definition) is 1. The zero-order valence-electron chi connectivity index (χ0n) is 8.19. The van der Waals surface area contributed by atoms with Gasteiger partial charge in [-0.3, -0.25) is 0 Å². The van der Waals surface area contributed by atoms with Crippen LogP contribution in [-0.4, -0.2) is 41.5 Å². The van der Waals surface area contributed by atoms with Crippen molar-refractivity contribution in [2.45, 2.75) is 13.5 Å². The highest BCUT2D eigenvalue weighted by molar-refractivity contribution is 7.11. The highest BCUT2D eigenvalue weighted by Crippen LogP contribution is 2.07. The van der Waals surface area contributed by atoms with Gasteiger partial charge >= 0.3 is 0 Å². The van der Waals surface area contributed by atoms with Gasteiger partial charge in [0.15, 0.2) is 0 Å². The van der Waals surface area contributed by atoms with E-state index in [2.05, 4.69) is 20.6 Å². The lowest BCUT2D eigenvalue weighted by molar-refractivity contribution is 0.0105. The van der Waals surface area contributed by atoms with E-state index in [4.69, 9.17) is 4.74 Å². The Bertz CT molecular complexity index is 285. The summed E-state index contributed by atoms with van der Waals surface area (Å²) >= 11 is 1.63. The Morgan fingerprint density at radius 1 is 1.43 bits per heavy atom. The number of hydrogen-bond acceptors (Lipinski definition) is 6. The Kier molecular flexibility index (Phi) is 3.41. The van der Waals surface area contributed by atoms with Crippen molar-refractivity contribution in [2.24, 2.45) is 0 Å². The van der Waals surface area contributed by atoms with Crippen molar-refractivity contribution >= 4 is 11.3 Å². The molecule has 78 valence electrons. The zero-order valence-corrected chi connectivity index (χ0v) is 9.01. The third-order valence-electron chi connectivity index (χ3n) is 2.03. The monoisotopic (exact) mass is 214 g/mol. The fraction of sp³-hybridized carbons (Fsp3) is 0.750. The highest BCUT2D eigenvalue weighted by Gasteiger charge is 2.10. The molecule has 2 heterocycles. The van der Waals surface area contributed by atoms with Crippen LogP contribution in [0.15, 0.2) is 0 Å². The molecule has 2 rings (SSSR count). The van der Waals surface area contributed by atoms with Gasteiger partial charge in [-0.2, -0.15) is 0 Å². The molecule has 1 saturated heterocycles. The number of rotatable bonds is 3. The molecular formula is C8H14N4OS. The Labute approximate surface area is 87.1 Å². The molecule has 0 atom stereocenters. The summed E-state index contributed by atoms with van der Waals surface area (Å²) in [7, 11) is 0. The van der Waals surface area contributed by atoms with Crippen molar-refractivity contribution in [1.82, 2.24) is 20.6 Å². The van der Waals surface area contributed by atoms with Gasteiger partial charge in [0, 0.05) is 13.1 Å². The van der Waals surface area contributed by atoms with Gasteiger partial charge in [-0.25, -0.2) is 10.4 Å². The molecule has 14 heavy (non-hydrogen) atoms. The minimum absolute atomic E-state index is 0.769. The summed E-state index contributed by atoms with van der Waals surface area (Å²) in [5.41, 5.74) is 3.31. The molecule has 0 radical (unpaired) electrons. The lowest BCUT2D eigenvalue weighted by Crippen LogP contribution is -2.45. The van der Waals surface area contributed by atoms with Crippen molar-refractivity contribution in [2.75, 3.05) is 26.3 Å². The standard InChI is InChI=1S/C8H14N4OS/c1-7-10-11-8(14-7)6-9-12-2-4-13-5-3-12/h9H,2-6H2,1H3. The normalized spacial score (nSPS) is 18.6. The maximum absolute atomic E-state index is 5.25. The van der Waals surface area contributed by atoms with Crippen molar-refractivity contribution in [1.29, 1.82) is 0 Å². The van der Waals surface area contributed by atoms with Crippen LogP contribution in [0, 0.1) is 6.92 Å². The summed E-state index contributed by atoms with van der Waals surface area (Å²) in [6.07, 6.45) is 0. The van der Waals surface area contributed by atoms with Gasteiger partial charge in [0.1, 0.15) is 10.0 Å². The Balaban J connectivity index is 1.76. The molecule has 1 aliphatic rings. The second kappa shape index (κ2) is 4.79. The minimum atomic E-state index is 0.769. The van der Waals surface area contributed by atoms with Crippen LogP contribution in [0.2, 0.25) is 0 Å². The summed E-state index contributed by atoms with van der Waals surface area (Å²) in [5.74, 6) is 0. The molecule has 1 fully saturated rings.